The molecule has 0 aliphatic carbocycles. The average molecular weight is 348 g/mol. The van der Waals surface area contributed by atoms with Crippen LogP contribution in [0.5, 0.6) is 11.5 Å². The molecule has 0 amide bonds. The van der Waals surface area contributed by atoms with E-state index in [-0.39, 0.29) is 0 Å². The first-order chi connectivity index (χ1) is 12.8. The van der Waals surface area contributed by atoms with E-state index in [4.69, 9.17) is 15.2 Å². The molecule has 3 aromatic rings. The van der Waals surface area contributed by atoms with Crippen LogP contribution in [0, 0.1) is 0 Å². The molecule has 26 heavy (non-hydrogen) atoms. The molecule has 2 heterocycles. The standard InChI is InChI=1S/C20H20N4O2/c21-20(23-13-17-16-5-2-1-4-14(16)8-9-22-17)24-15-6-7-18-19(12-15)26-11-3-10-25-18/h1-2,4-9,12H,3,10-11,13H2,(H3,21,23,24). The zero-order valence-electron chi connectivity index (χ0n) is 14.3. The van der Waals surface area contributed by atoms with Gasteiger partial charge in [-0.1, -0.05) is 24.3 Å². The quantitative estimate of drug-likeness (QED) is 0.560. The fourth-order valence-electron chi connectivity index (χ4n) is 2.90. The van der Waals surface area contributed by atoms with Crippen LogP contribution in [-0.4, -0.2) is 24.2 Å². The van der Waals surface area contributed by atoms with Gasteiger partial charge >= 0.3 is 0 Å². The molecule has 0 bridgehead atoms. The SMILES string of the molecule is NC(=NCc1nccc2ccccc12)Nc1ccc2c(c1)OCCCO2. The van der Waals surface area contributed by atoms with Crippen LogP contribution >= 0.6 is 0 Å². The van der Waals surface area contributed by atoms with Gasteiger partial charge in [-0.2, -0.15) is 0 Å². The van der Waals surface area contributed by atoms with E-state index in [0.717, 1.165) is 40.1 Å². The van der Waals surface area contributed by atoms with Crippen LogP contribution in [0.15, 0.2) is 59.7 Å². The summed E-state index contributed by atoms with van der Waals surface area (Å²) in [6, 6.07) is 15.7. The van der Waals surface area contributed by atoms with Crippen molar-refractivity contribution < 1.29 is 9.47 Å². The third kappa shape index (κ3) is 3.54. The Morgan fingerprint density at radius 2 is 1.92 bits per heavy atom. The lowest BCUT2D eigenvalue weighted by Gasteiger charge is -2.11. The Morgan fingerprint density at radius 3 is 2.85 bits per heavy atom. The summed E-state index contributed by atoms with van der Waals surface area (Å²) in [6.07, 6.45) is 2.67. The van der Waals surface area contributed by atoms with Crippen molar-refractivity contribution in [1.29, 1.82) is 0 Å². The van der Waals surface area contributed by atoms with E-state index < -0.39 is 0 Å². The number of nitrogens with zero attached hydrogens (tertiary/aromatic N) is 2. The lowest BCUT2D eigenvalue weighted by atomic mass is 10.1. The van der Waals surface area contributed by atoms with Gasteiger partial charge in [-0.3, -0.25) is 4.98 Å². The van der Waals surface area contributed by atoms with E-state index in [1.807, 2.05) is 42.5 Å². The highest BCUT2D eigenvalue weighted by atomic mass is 16.5. The van der Waals surface area contributed by atoms with Gasteiger partial charge in [-0.05, 0) is 23.6 Å². The average Bonchev–Trinajstić information content (AvgIpc) is 2.91. The van der Waals surface area contributed by atoms with Crippen LogP contribution in [0.1, 0.15) is 12.1 Å². The van der Waals surface area contributed by atoms with Gasteiger partial charge in [-0.15, -0.1) is 0 Å². The summed E-state index contributed by atoms with van der Waals surface area (Å²) in [7, 11) is 0. The number of hydrogen-bond donors (Lipinski definition) is 2. The molecule has 0 atom stereocenters. The second kappa shape index (κ2) is 7.31. The van der Waals surface area contributed by atoms with E-state index in [9.17, 15) is 0 Å². The molecule has 0 radical (unpaired) electrons. The molecule has 1 aliphatic heterocycles. The molecule has 0 spiro atoms. The van der Waals surface area contributed by atoms with E-state index in [1.165, 1.54) is 0 Å². The summed E-state index contributed by atoms with van der Waals surface area (Å²) in [6.45, 7) is 1.72. The molecule has 132 valence electrons. The highest BCUT2D eigenvalue weighted by Gasteiger charge is 2.11. The first-order valence-corrected chi connectivity index (χ1v) is 8.59. The van der Waals surface area contributed by atoms with Crippen molar-refractivity contribution in [3.05, 3.63) is 60.4 Å². The Labute approximate surface area is 151 Å². The van der Waals surface area contributed by atoms with E-state index >= 15 is 0 Å². The third-order valence-corrected chi connectivity index (χ3v) is 4.18. The highest BCUT2D eigenvalue weighted by Crippen LogP contribution is 2.32. The molecule has 6 nitrogen and oxygen atoms in total. The number of pyridine rings is 1. The minimum absolute atomic E-state index is 0.328. The van der Waals surface area contributed by atoms with Crippen molar-refractivity contribution in [2.24, 2.45) is 10.7 Å². The first-order valence-electron chi connectivity index (χ1n) is 8.59. The van der Waals surface area contributed by atoms with Crippen molar-refractivity contribution in [2.75, 3.05) is 18.5 Å². The largest absolute Gasteiger partial charge is 0.490 e. The molecule has 1 aliphatic rings. The molecule has 0 unspecified atom stereocenters. The van der Waals surface area contributed by atoms with Crippen LogP contribution in [0.2, 0.25) is 0 Å². The maximum Gasteiger partial charge on any atom is 0.193 e. The van der Waals surface area contributed by atoms with E-state index in [0.29, 0.717) is 25.7 Å². The van der Waals surface area contributed by atoms with Gasteiger partial charge in [0.2, 0.25) is 0 Å². The van der Waals surface area contributed by atoms with Gasteiger partial charge in [0, 0.05) is 29.8 Å². The molecular weight excluding hydrogens is 328 g/mol. The number of anilines is 1. The van der Waals surface area contributed by atoms with E-state index in [1.54, 1.807) is 6.20 Å². The molecule has 0 saturated heterocycles. The van der Waals surface area contributed by atoms with Gasteiger partial charge in [0.05, 0.1) is 25.5 Å². The predicted molar refractivity (Wildman–Crippen MR) is 103 cm³/mol. The monoisotopic (exact) mass is 348 g/mol. The van der Waals surface area contributed by atoms with Gasteiger partial charge in [0.15, 0.2) is 17.5 Å². The van der Waals surface area contributed by atoms with Crippen LogP contribution in [0.25, 0.3) is 10.8 Å². The highest BCUT2D eigenvalue weighted by molar-refractivity contribution is 5.93. The number of nitrogens with one attached hydrogen (secondary N) is 1. The number of hydrogen-bond acceptors (Lipinski definition) is 4. The summed E-state index contributed by atoms with van der Waals surface area (Å²) in [5.41, 5.74) is 7.75. The predicted octanol–water partition coefficient (Wildman–Crippen LogP) is 3.32. The van der Waals surface area contributed by atoms with Crippen molar-refractivity contribution in [3.8, 4) is 11.5 Å². The van der Waals surface area contributed by atoms with Crippen LogP contribution in [0.4, 0.5) is 5.69 Å². The second-order valence-electron chi connectivity index (χ2n) is 6.02. The van der Waals surface area contributed by atoms with Crippen LogP contribution in [-0.2, 0) is 6.54 Å². The molecule has 0 fully saturated rings. The molecule has 6 heteroatoms. The van der Waals surface area contributed by atoms with Crippen molar-refractivity contribution in [3.63, 3.8) is 0 Å². The molecule has 1 aromatic heterocycles. The van der Waals surface area contributed by atoms with Crippen LogP contribution in [0.3, 0.4) is 0 Å². The molecule has 2 aromatic carbocycles. The molecule has 0 saturated carbocycles. The zero-order valence-corrected chi connectivity index (χ0v) is 14.3. The number of fused-ring (bicyclic) bond motifs is 2. The number of ether oxygens (including phenoxy) is 2. The number of benzene rings is 2. The Bertz CT molecular complexity index is 950. The fraction of sp³-hybridized carbons (Fsp3) is 0.200. The summed E-state index contributed by atoms with van der Waals surface area (Å²) in [5, 5.41) is 5.32. The molecule has 3 N–H and O–H groups in total. The molecule has 4 rings (SSSR count). The number of aliphatic imine (C=N–C) groups is 1. The Balaban J connectivity index is 1.49. The lowest BCUT2D eigenvalue weighted by Crippen LogP contribution is -2.22. The summed E-state index contributed by atoms with van der Waals surface area (Å²) < 4.78 is 11.3. The minimum atomic E-state index is 0.328. The van der Waals surface area contributed by atoms with Crippen molar-refractivity contribution >= 4 is 22.4 Å². The van der Waals surface area contributed by atoms with Gasteiger partial charge in [0.25, 0.3) is 0 Å². The third-order valence-electron chi connectivity index (χ3n) is 4.18. The number of aromatic nitrogens is 1. The lowest BCUT2D eigenvalue weighted by molar-refractivity contribution is 0.297. The smallest absolute Gasteiger partial charge is 0.193 e. The summed E-state index contributed by atoms with van der Waals surface area (Å²) >= 11 is 0. The number of nitrogens with two attached hydrogens (primary N) is 1. The maximum atomic E-state index is 6.04. The normalized spacial score (nSPS) is 14.1. The Kier molecular flexibility index (Phi) is 4.55. The first kappa shape index (κ1) is 16.2. The van der Waals surface area contributed by atoms with Gasteiger partial charge in [-0.25, -0.2) is 4.99 Å². The maximum absolute atomic E-state index is 6.04. The fourth-order valence-corrected chi connectivity index (χ4v) is 2.90. The minimum Gasteiger partial charge on any atom is -0.490 e. The van der Waals surface area contributed by atoms with Gasteiger partial charge < -0.3 is 20.5 Å². The number of guanidine groups is 1. The Morgan fingerprint density at radius 1 is 1.08 bits per heavy atom. The topological polar surface area (TPSA) is 81.8 Å². The van der Waals surface area contributed by atoms with Crippen molar-refractivity contribution in [2.45, 2.75) is 13.0 Å². The molecular formula is C20H20N4O2. The van der Waals surface area contributed by atoms with Crippen LogP contribution < -0.4 is 20.5 Å². The van der Waals surface area contributed by atoms with Gasteiger partial charge in [0.1, 0.15) is 0 Å². The summed E-state index contributed by atoms with van der Waals surface area (Å²) in [4.78, 5) is 8.85. The van der Waals surface area contributed by atoms with E-state index in [2.05, 4.69) is 21.4 Å². The summed E-state index contributed by atoms with van der Waals surface area (Å²) in [5.74, 6) is 1.80. The number of rotatable bonds is 3. The zero-order chi connectivity index (χ0) is 17.8. The Hall–Kier alpha value is -3.28. The second-order valence-corrected chi connectivity index (χ2v) is 6.02. The van der Waals surface area contributed by atoms with Crippen molar-refractivity contribution in [1.82, 2.24) is 4.98 Å².